The van der Waals surface area contributed by atoms with E-state index in [0.29, 0.717) is 6.61 Å². The van der Waals surface area contributed by atoms with Crippen LogP contribution in [0.3, 0.4) is 0 Å². The van der Waals surface area contributed by atoms with Gasteiger partial charge in [0, 0.05) is 13.0 Å². The fraction of sp³-hybridized carbons (Fsp3) is 0.536. The second kappa shape index (κ2) is 14.2. The molecular weight excluding hydrogens is 436 g/mol. The molecule has 0 unspecified atom stereocenters. The lowest BCUT2D eigenvalue weighted by Gasteiger charge is -2.32. The number of unbranched alkanes of at least 4 members (excludes halogenated alkanes) is 4. The minimum Gasteiger partial charge on any atom is -0.481 e. The van der Waals surface area contributed by atoms with Gasteiger partial charge in [-0.05, 0) is 73.7 Å². The molecule has 34 heavy (non-hydrogen) atoms. The van der Waals surface area contributed by atoms with Crippen LogP contribution in [0.15, 0.2) is 48.5 Å². The maximum absolute atomic E-state index is 13.4. The standard InChI is InChI=1S/C28H37F2NO3/c29-25-12-8-23(9-13-25)28(24-10-14-26(30)15-11-24)34-21-20-31-18-16-22(17-19-31)6-4-2-1-3-5-7-27(32)33/h8-15,22,28H,1-7,16-21H2,(H,32,33). The number of carboxylic acid groups (broad SMARTS) is 1. The van der Waals surface area contributed by atoms with Gasteiger partial charge in [-0.2, -0.15) is 0 Å². The largest absolute Gasteiger partial charge is 0.481 e. The molecule has 1 aliphatic rings. The van der Waals surface area contributed by atoms with Gasteiger partial charge in [0.1, 0.15) is 17.7 Å². The van der Waals surface area contributed by atoms with Crippen LogP contribution >= 0.6 is 0 Å². The van der Waals surface area contributed by atoms with Crippen molar-refractivity contribution < 1.29 is 23.4 Å². The number of halogens is 2. The summed E-state index contributed by atoms with van der Waals surface area (Å²) in [6.45, 7) is 3.55. The summed E-state index contributed by atoms with van der Waals surface area (Å²) in [7, 11) is 0. The summed E-state index contributed by atoms with van der Waals surface area (Å²) < 4.78 is 33.0. The minimum atomic E-state index is -0.696. The first-order valence-electron chi connectivity index (χ1n) is 12.6. The molecule has 1 saturated heterocycles. The number of nitrogens with zero attached hydrogens (tertiary/aromatic N) is 1. The second-order valence-electron chi connectivity index (χ2n) is 9.34. The van der Waals surface area contributed by atoms with Gasteiger partial charge in [-0.3, -0.25) is 4.79 Å². The molecule has 0 amide bonds. The van der Waals surface area contributed by atoms with Crippen LogP contribution < -0.4 is 0 Å². The number of aliphatic carboxylic acids is 1. The van der Waals surface area contributed by atoms with E-state index in [-0.39, 0.29) is 24.2 Å². The monoisotopic (exact) mass is 473 g/mol. The van der Waals surface area contributed by atoms with Gasteiger partial charge in [0.15, 0.2) is 0 Å². The molecule has 1 fully saturated rings. The number of carbonyl (C=O) groups is 1. The predicted molar refractivity (Wildman–Crippen MR) is 130 cm³/mol. The van der Waals surface area contributed by atoms with Crippen LogP contribution in [0.4, 0.5) is 8.78 Å². The topological polar surface area (TPSA) is 49.8 Å². The molecule has 186 valence electrons. The minimum absolute atomic E-state index is 0.288. The molecule has 0 bridgehead atoms. The summed E-state index contributed by atoms with van der Waals surface area (Å²) in [5.74, 6) is -0.494. The molecule has 4 nitrogen and oxygen atoms in total. The van der Waals surface area contributed by atoms with E-state index in [4.69, 9.17) is 9.84 Å². The highest BCUT2D eigenvalue weighted by molar-refractivity contribution is 5.66. The molecule has 0 spiro atoms. The fourth-order valence-electron chi connectivity index (χ4n) is 4.70. The highest BCUT2D eigenvalue weighted by Crippen LogP contribution is 2.27. The summed E-state index contributed by atoms with van der Waals surface area (Å²) in [6.07, 6.45) is 8.98. The predicted octanol–water partition coefficient (Wildman–Crippen LogP) is 6.60. The number of hydrogen-bond acceptors (Lipinski definition) is 3. The Morgan fingerprint density at radius 1 is 0.882 bits per heavy atom. The molecular formula is C28H37F2NO3. The Hall–Kier alpha value is -2.31. The molecule has 0 aromatic heterocycles. The Morgan fingerprint density at radius 2 is 1.41 bits per heavy atom. The summed E-state index contributed by atoms with van der Waals surface area (Å²) in [6, 6.07) is 12.6. The van der Waals surface area contributed by atoms with Gasteiger partial charge >= 0.3 is 5.97 Å². The van der Waals surface area contributed by atoms with Crippen LogP contribution in [-0.2, 0) is 9.53 Å². The van der Waals surface area contributed by atoms with E-state index < -0.39 is 5.97 Å². The smallest absolute Gasteiger partial charge is 0.303 e. The number of benzene rings is 2. The molecule has 0 radical (unpaired) electrons. The SMILES string of the molecule is O=C(O)CCCCCCCC1CCN(CCOC(c2ccc(F)cc2)c2ccc(F)cc2)CC1. The van der Waals surface area contributed by atoms with Gasteiger partial charge in [0.05, 0.1) is 6.61 Å². The van der Waals surface area contributed by atoms with Crippen LogP contribution in [0.1, 0.15) is 75.0 Å². The molecule has 0 aliphatic carbocycles. The quantitative estimate of drug-likeness (QED) is 0.314. The van der Waals surface area contributed by atoms with Crippen LogP contribution in [0.25, 0.3) is 0 Å². The van der Waals surface area contributed by atoms with Gasteiger partial charge in [-0.25, -0.2) is 8.78 Å². The first-order chi connectivity index (χ1) is 16.5. The zero-order valence-electron chi connectivity index (χ0n) is 19.9. The lowest BCUT2D eigenvalue weighted by Crippen LogP contribution is -2.36. The molecule has 6 heteroatoms. The second-order valence-corrected chi connectivity index (χ2v) is 9.34. The third-order valence-electron chi connectivity index (χ3n) is 6.75. The van der Waals surface area contributed by atoms with Gasteiger partial charge < -0.3 is 14.7 Å². The highest BCUT2D eigenvalue weighted by Gasteiger charge is 2.20. The van der Waals surface area contributed by atoms with E-state index in [2.05, 4.69) is 4.90 Å². The number of ether oxygens (including phenoxy) is 1. The molecule has 1 aliphatic heterocycles. The Kier molecular flexibility index (Phi) is 11.0. The average Bonchev–Trinajstić information content (AvgIpc) is 2.83. The van der Waals surface area contributed by atoms with E-state index in [1.54, 1.807) is 24.3 Å². The molecule has 1 heterocycles. The molecule has 3 rings (SSSR count). The van der Waals surface area contributed by atoms with Crippen molar-refractivity contribution in [1.29, 1.82) is 0 Å². The Balaban J connectivity index is 1.36. The lowest BCUT2D eigenvalue weighted by molar-refractivity contribution is -0.137. The summed E-state index contributed by atoms with van der Waals surface area (Å²) in [5.41, 5.74) is 1.71. The van der Waals surface area contributed by atoms with Crippen LogP contribution in [0.5, 0.6) is 0 Å². The number of piperidine rings is 1. The summed E-state index contributed by atoms with van der Waals surface area (Å²) >= 11 is 0. The Bertz CT molecular complexity index is 803. The summed E-state index contributed by atoms with van der Waals surface area (Å²) in [5, 5.41) is 8.67. The first-order valence-corrected chi connectivity index (χ1v) is 12.6. The molecule has 2 aromatic carbocycles. The van der Waals surface area contributed by atoms with E-state index in [9.17, 15) is 13.6 Å². The zero-order chi connectivity index (χ0) is 24.2. The number of likely N-dealkylation sites (tertiary alicyclic amines) is 1. The van der Waals surface area contributed by atoms with Crippen molar-refractivity contribution in [2.45, 2.75) is 63.9 Å². The van der Waals surface area contributed by atoms with Gasteiger partial charge in [0.2, 0.25) is 0 Å². The van der Waals surface area contributed by atoms with Crippen molar-refractivity contribution in [3.8, 4) is 0 Å². The van der Waals surface area contributed by atoms with Crippen molar-refractivity contribution in [2.75, 3.05) is 26.2 Å². The highest BCUT2D eigenvalue weighted by atomic mass is 19.1. The average molecular weight is 474 g/mol. The van der Waals surface area contributed by atoms with Crippen LogP contribution in [0, 0.1) is 17.6 Å². The number of carboxylic acids is 1. The maximum Gasteiger partial charge on any atom is 0.303 e. The molecule has 0 atom stereocenters. The van der Waals surface area contributed by atoms with Gasteiger partial charge in [-0.1, -0.05) is 56.4 Å². The van der Waals surface area contributed by atoms with Crippen molar-refractivity contribution in [1.82, 2.24) is 4.90 Å². The van der Waals surface area contributed by atoms with Crippen molar-refractivity contribution >= 4 is 5.97 Å². The normalized spacial score (nSPS) is 15.1. The summed E-state index contributed by atoms with van der Waals surface area (Å²) in [4.78, 5) is 13.0. The fourth-order valence-corrected chi connectivity index (χ4v) is 4.70. The van der Waals surface area contributed by atoms with E-state index in [1.165, 1.54) is 56.4 Å². The van der Waals surface area contributed by atoms with Gasteiger partial charge in [-0.15, -0.1) is 0 Å². The Morgan fingerprint density at radius 3 is 1.97 bits per heavy atom. The molecule has 0 saturated carbocycles. The lowest BCUT2D eigenvalue weighted by atomic mass is 9.91. The maximum atomic E-state index is 13.4. The zero-order valence-corrected chi connectivity index (χ0v) is 19.9. The van der Waals surface area contributed by atoms with Crippen molar-refractivity contribution in [3.05, 3.63) is 71.3 Å². The van der Waals surface area contributed by atoms with Crippen molar-refractivity contribution in [2.24, 2.45) is 5.92 Å². The van der Waals surface area contributed by atoms with E-state index in [1.807, 2.05) is 0 Å². The third-order valence-corrected chi connectivity index (χ3v) is 6.75. The van der Waals surface area contributed by atoms with Crippen LogP contribution in [-0.4, -0.2) is 42.2 Å². The first kappa shape index (κ1) is 26.3. The number of hydrogen-bond donors (Lipinski definition) is 1. The van der Waals surface area contributed by atoms with Crippen molar-refractivity contribution in [3.63, 3.8) is 0 Å². The number of rotatable bonds is 14. The third kappa shape index (κ3) is 9.15. The Labute approximate surface area is 201 Å². The van der Waals surface area contributed by atoms with Crippen LogP contribution in [0.2, 0.25) is 0 Å². The molecule has 1 N–H and O–H groups in total. The molecule has 2 aromatic rings. The van der Waals surface area contributed by atoms with Gasteiger partial charge in [0.25, 0.3) is 0 Å². The van der Waals surface area contributed by atoms with E-state index in [0.717, 1.165) is 55.9 Å². The van der Waals surface area contributed by atoms with E-state index >= 15 is 0 Å².